The first-order valence-electron chi connectivity index (χ1n) is 7.65. The largest absolute Gasteiger partial charge is 0.322 e. The minimum absolute atomic E-state index is 0.000904. The Morgan fingerprint density at radius 3 is 2.30 bits per heavy atom. The topological polar surface area (TPSA) is 99.1 Å². The zero-order chi connectivity index (χ0) is 19.9. The van der Waals surface area contributed by atoms with E-state index in [-0.39, 0.29) is 23.4 Å². The normalized spacial score (nSPS) is 11.2. The third-order valence-corrected chi connectivity index (χ3v) is 5.49. The van der Waals surface area contributed by atoms with E-state index in [1.54, 1.807) is 0 Å². The van der Waals surface area contributed by atoms with Gasteiger partial charge in [-0.2, -0.15) is 14.0 Å². The van der Waals surface area contributed by atoms with Crippen LogP contribution in [0.1, 0.15) is 16.8 Å². The summed E-state index contributed by atoms with van der Waals surface area (Å²) in [6.07, 6.45) is 0.0499. The second kappa shape index (κ2) is 9.45. The molecule has 0 fully saturated rings. The Morgan fingerprint density at radius 2 is 1.74 bits per heavy atom. The molecule has 142 valence electrons. The van der Waals surface area contributed by atoms with Crippen LogP contribution in [0.2, 0.25) is 0 Å². The highest BCUT2D eigenvalue weighted by molar-refractivity contribution is 7.99. The number of hydrogen-bond acceptors (Lipinski definition) is 5. The number of amides is 1. The molecule has 0 aliphatic carbocycles. The number of alkyl halides is 2. The molecule has 2 aromatic carbocycles. The van der Waals surface area contributed by atoms with Crippen LogP contribution in [0.25, 0.3) is 0 Å². The summed E-state index contributed by atoms with van der Waals surface area (Å²) in [4.78, 5) is 12.6. The van der Waals surface area contributed by atoms with E-state index >= 15 is 0 Å². The molecule has 0 spiro atoms. The molecular weight excluding hydrogens is 396 g/mol. The molecular formula is C17H15F2N3O3S2. The Bertz CT molecular complexity index is 925. The van der Waals surface area contributed by atoms with E-state index in [0.717, 1.165) is 0 Å². The molecule has 0 aliphatic heterocycles. The number of thioether (sulfide) groups is 1. The molecule has 0 heterocycles. The van der Waals surface area contributed by atoms with Crippen molar-refractivity contribution in [1.29, 1.82) is 5.26 Å². The SMILES string of the molecule is N#CCCNS(=O)(=O)c1ccc(C(=O)Nc2ccc(SC(F)F)cc2)cc1. The minimum Gasteiger partial charge on any atom is -0.322 e. The van der Waals surface area contributed by atoms with Gasteiger partial charge in [-0.05, 0) is 48.5 Å². The fourth-order valence-corrected chi connectivity index (χ4v) is 3.56. The summed E-state index contributed by atoms with van der Waals surface area (Å²) in [6, 6.07) is 13.0. The number of nitriles is 1. The molecule has 0 atom stereocenters. The van der Waals surface area contributed by atoms with E-state index < -0.39 is 21.7 Å². The predicted octanol–water partition coefficient (Wildman–Crippen LogP) is 3.45. The van der Waals surface area contributed by atoms with Gasteiger partial charge in [-0.25, -0.2) is 13.1 Å². The number of benzene rings is 2. The van der Waals surface area contributed by atoms with Gasteiger partial charge in [0.2, 0.25) is 10.0 Å². The Morgan fingerprint density at radius 1 is 1.11 bits per heavy atom. The number of carbonyl (C=O) groups excluding carboxylic acids is 1. The molecule has 6 nitrogen and oxygen atoms in total. The van der Waals surface area contributed by atoms with Crippen molar-refractivity contribution in [3.05, 3.63) is 54.1 Å². The first kappa shape index (κ1) is 20.8. The summed E-state index contributed by atoms with van der Waals surface area (Å²) < 4.78 is 50.9. The number of rotatable bonds is 8. The molecule has 2 N–H and O–H groups in total. The fourth-order valence-electron chi connectivity index (χ4n) is 2.03. The van der Waals surface area contributed by atoms with Gasteiger partial charge >= 0.3 is 0 Å². The molecule has 0 bridgehead atoms. The van der Waals surface area contributed by atoms with Gasteiger partial charge in [-0.1, -0.05) is 11.8 Å². The number of nitrogens with zero attached hydrogens (tertiary/aromatic N) is 1. The van der Waals surface area contributed by atoms with Gasteiger partial charge in [0, 0.05) is 29.1 Å². The van der Waals surface area contributed by atoms with Crippen LogP contribution < -0.4 is 10.0 Å². The van der Waals surface area contributed by atoms with Crippen LogP contribution in [0.5, 0.6) is 0 Å². The van der Waals surface area contributed by atoms with Crippen LogP contribution in [0.3, 0.4) is 0 Å². The number of nitrogens with one attached hydrogen (secondary N) is 2. The maximum absolute atomic E-state index is 12.3. The maximum Gasteiger partial charge on any atom is 0.288 e. The summed E-state index contributed by atoms with van der Waals surface area (Å²) in [5.41, 5.74) is 0.658. The lowest BCUT2D eigenvalue weighted by molar-refractivity contribution is 0.102. The number of anilines is 1. The van der Waals surface area contributed by atoms with Crippen LogP contribution in [0.15, 0.2) is 58.3 Å². The first-order chi connectivity index (χ1) is 12.8. The Hall–Kier alpha value is -2.48. The van der Waals surface area contributed by atoms with E-state index in [0.29, 0.717) is 22.3 Å². The van der Waals surface area contributed by atoms with Gasteiger partial charge < -0.3 is 5.32 Å². The molecule has 2 aromatic rings. The molecule has 2 rings (SSSR count). The lowest BCUT2D eigenvalue weighted by Crippen LogP contribution is -2.24. The van der Waals surface area contributed by atoms with Crippen molar-refractivity contribution < 1.29 is 22.0 Å². The zero-order valence-electron chi connectivity index (χ0n) is 13.9. The summed E-state index contributed by atoms with van der Waals surface area (Å²) in [5, 5.41) is 11.0. The summed E-state index contributed by atoms with van der Waals surface area (Å²) in [5.74, 6) is -2.99. The van der Waals surface area contributed by atoms with Crippen molar-refractivity contribution in [1.82, 2.24) is 4.72 Å². The number of sulfonamides is 1. The number of halogens is 2. The maximum atomic E-state index is 12.3. The van der Waals surface area contributed by atoms with Crippen molar-refractivity contribution >= 4 is 33.4 Å². The standard InChI is InChI=1S/C17H15F2N3O3S2/c18-17(19)26-14-6-4-13(5-7-14)22-16(23)12-2-8-15(9-3-12)27(24,25)21-11-1-10-20/h2-9,17,21H,1,11H2,(H,22,23). The van der Waals surface area contributed by atoms with Gasteiger partial charge in [-0.3, -0.25) is 4.79 Å². The third-order valence-electron chi connectivity index (χ3n) is 3.29. The van der Waals surface area contributed by atoms with E-state index in [9.17, 15) is 22.0 Å². The van der Waals surface area contributed by atoms with Crippen LogP contribution in [0.4, 0.5) is 14.5 Å². The summed E-state index contributed by atoms with van der Waals surface area (Å²) in [6.45, 7) is 0.000904. The monoisotopic (exact) mass is 411 g/mol. The molecule has 0 saturated heterocycles. The highest BCUT2D eigenvalue weighted by atomic mass is 32.2. The molecule has 0 aliphatic rings. The van der Waals surface area contributed by atoms with Crippen molar-refractivity contribution in [2.24, 2.45) is 0 Å². The summed E-state index contributed by atoms with van der Waals surface area (Å²) >= 11 is 0.407. The molecule has 1 amide bonds. The average molecular weight is 411 g/mol. The number of hydrogen-bond donors (Lipinski definition) is 2. The molecule has 10 heteroatoms. The first-order valence-corrected chi connectivity index (χ1v) is 10.0. The second-order valence-corrected chi connectivity index (χ2v) is 8.02. The highest BCUT2D eigenvalue weighted by Gasteiger charge is 2.14. The van der Waals surface area contributed by atoms with E-state index in [4.69, 9.17) is 5.26 Å². The van der Waals surface area contributed by atoms with Gasteiger partial charge in [0.15, 0.2) is 0 Å². The Balaban J connectivity index is 2.02. The fraction of sp³-hybridized carbons (Fsp3) is 0.176. The van der Waals surface area contributed by atoms with Gasteiger partial charge in [0.1, 0.15) is 0 Å². The van der Waals surface area contributed by atoms with Crippen molar-refractivity contribution in [3.8, 4) is 6.07 Å². The van der Waals surface area contributed by atoms with Crippen molar-refractivity contribution in [2.45, 2.75) is 22.0 Å². The van der Waals surface area contributed by atoms with E-state index in [2.05, 4.69) is 10.0 Å². The molecule has 0 saturated carbocycles. The van der Waals surface area contributed by atoms with Crippen LogP contribution in [-0.4, -0.2) is 26.6 Å². The molecule has 0 aromatic heterocycles. The van der Waals surface area contributed by atoms with Gasteiger partial charge in [0.25, 0.3) is 11.7 Å². The van der Waals surface area contributed by atoms with E-state index in [1.165, 1.54) is 48.5 Å². The van der Waals surface area contributed by atoms with Crippen molar-refractivity contribution in [2.75, 3.05) is 11.9 Å². The smallest absolute Gasteiger partial charge is 0.288 e. The average Bonchev–Trinajstić information content (AvgIpc) is 2.63. The lowest BCUT2D eigenvalue weighted by Gasteiger charge is -2.08. The van der Waals surface area contributed by atoms with Gasteiger partial charge in [0.05, 0.1) is 11.0 Å². The molecule has 0 unspecified atom stereocenters. The lowest BCUT2D eigenvalue weighted by atomic mass is 10.2. The van der Waals surface area contributed by atoms with Crippen molar-refractivity contribution in [3.63, 3.8) is 0 Å². The molecule has 0 radical (unpaired) electrons. The van der Waals surface area contributed by atoms with Crippen LogP contribution >= 0.6 is 11.8 Å². The third kappa shape index (κ3) is 6.32. The van der Waals surface area contributed by atoms with Crippen LogP contribution in [0, 0.1) is 11.3 Å². The Labute approximate surface area is 159 Å². The van der Waals surface area contributed by atoms with E-state index in [1.807, 2.05) is 6.07 Å². The predicted molar refractivity (Wildman–Crippen MR) is 98.1 cm³/mol. The second-order valence-electron chi connectivity index (χ2n) is 5.19. The number of carbonyl (C=O) groups is 1. The summed E-state index contributed by atoms with van der Waals surface area (Å²) in [7, 11) is -3.75. The zero-order valence-corrected chi connectivity index (χ0v) is 15.5. The molecule has 27 heavy (non-hydrogen) atoms. The van der Waals surface area contributed by atoms with Crippen LogP contribution in [-0.2, 0) is 10.0 Å². The van der Waals surface area contributed by atoms with Gasteiger partial charge in [-0.15, -0.1) is 0 Å². The minimum atomic E-state index is -3.75. The Kier molecular flexibility index (Phi) is 7.29. The highest BCUT2D eigenvalue weighted by Crippen LogP contribution is 2.26. The quantitative estimate of drug-likeness (QED) is 0.512.